The van der Waals surface area contributed by atoms with Crippen molar-refractivity contribution in [3.8, 4) is 17.2 Å². The first-order chi connectivity index (χ1) is 27.7. The molecule has 0 fully saturated rings. The Kier molecular flexibility index (Phi) is 23.3. The zero-order chi connectivity index (χ0) is 39.1. The molecule has 4 rings (SSSR count). The summed E-state index contributed by atoms with van der Waals surface area (Å²) in [6, 6.07) is 19.9. The van der Waals surface area contributed by atoms with Gasteiger partial charge in [-0.2, -0.15) is 10.2 Å². The average Bonchev–Trinajstić information content (AvgIpc) is 3.22. The quantitative estimate of drug-likeness (QED) is 0.0890. The Bertz CT molecular complexity index is 1490. The highest BCUT2D eigenvalue weighted by atomic mass is 16.6. The summed E-state index contributed by atoms with van der Waals surface area (Å²) >= 11 is 0. The number of nitrogens with zero attached hydrogens (tertiary/aromatic N) is 2. The Morgan fingerprint density at radius 2 is 0.982 bits per heavy atom. The van der Waals surface area contributed by atoms with Crippen LogP contribution in [0.5, 0.6) is 17.2 Å². The molecule has 1 N–H and O–H groups in total. The first kappa shape index (κ1) is 44.7. The van der Waals surface area contributed by atoms with Crippen molar-refractivity contribution in [1.29, 1.82) is 0 Å². The van der Waals surface area contributed by atoms with Crippen molar-refractivity contribution in [2.75, 3.05) is 78.0 Å². The van der Waals surface area contributed by atoms with E-state index in [0.717, 1.165) is 24.5 Å². The number of unbranched alkanes of at least 4 members (excludes halogenated alkanes) is 13. The maximum absolute atomic E-state index is 13.1. The van der Waals surface area contributed by atoms with E-state index in [1.54, 1.807) is 42.5 Å². The van der Waals surface area contributed by atoms with E-state index >= 15 is 0 Å². The van der Waals surface area contributed by atoms with Gasteiger partial charge in [0.1, 0.15) is 19.0 Å². The van der Waals surface area contributed by atoms with Crippen LogP contribution in [0.25, 0.3) is 0 Å². The van der Waals surface area contributed by atoms with Crippen LogP contribution in [0.2, 0.25) is 0 Å². The van der Waals surface area contributed by atoms with Crippen LogP contribution >= 0.6 is 0 Å². The van der Waals surface area contributed by atoms with Gasteiger partial charge in [0.05, 0.1) is 70.8 Å². The highest BCUT2D eigenvalue weighted by Crippen LogP contribution is 2.31. The number of rotatable bonds is 20. The third-order valence-corrected chi connectivity index (χ3v) is 9.30. The van der Waals surface area contributed by atoms with Crippen molar-refractivity contribution in [3.63, 3.8) is 0 Å². The third-order valence-electron chi connectivity index (χ3n) is 9.30. The van der Waals surface area contributed by atoms with Gasteiger partial charge in [0.25, 0.3) is 5.91 Å². The van der Waals surface area contributed by atoms with Crippen molar-refractivity contribution >= 4 is 23.0 Å². The molecule has 0 aromatic heterocycles. The molecule has 1 amide bonds. The lowest BCUT2D eigenvalue weighted by Gasteiger charge is -2.15. The van der Waals surface area contributed by atoms with Crippen molar-refractivity contribution in [1.82, 2.24) is 0 Å². The minimum absolute atomic E-state index is 0.266. The number of hydrogen-bond donors (Lipinski definition) is 1. The number of benzene rings is 3. The van der Waals surface area contributed by atoms with E-state index in [2.05, 4.69) is 22.5 Å². The summed E-state index contributed by atoms with van der Waals surface area (Å²) in [5, 5.41) is 11.6. The van der Waals surface area contributed by atoms with Gasteiger partial charge in [-0.25, -0.2) is 0 Å². The van der Waals surface area contributed by atoms with Gasteiger partial charge in [0.15, 0.2) is 11.5 Å². The van der Waals surface area contributed by atoms with Gasteiger partial charge in [-0.05, 0) is 67.1 Å². The van der Waals surface area contributed by atoms with E-state index in [-0.39, 0.29) is 5.91 Å². The van der Waals surface area contributed by atoms with E-state index in [9.17, 15) is 4.79 Å². The van der Waals surface area contributed by atoms with Crippen molar-refractivity contribution in [3.05, 3.63) is 72.3 Å². The first-order valence-electron chi connectivity index (χ1n) is 21.0. The molecule has 1 heterocycles. The number of fused-ring (bicyclic) bond motifs is 1. The number of anilines is 1. The molecular weight excluding hydrogens is 711 g/mol. The molecular formula is C45H65N3O8. The number of amides is 1. The molecule has 0 saturated heterocycles. The lowest BCUT2D eigenvalue weighted by atomic mass is 10.0. The van der Waals surface area contributed by atoms with E-state index in [4.69, 9.17) is 33.2 Å². The highest BCUT2D eigenvalue weighted by Gasteiger charge is 2.12. The third kappa shape index (κ3) is 19.7. The molecule has 3 aromatic rings. The summed E-state index contributed by atoms with van der Waals surface area (Å²) in [6.07, 6.45) is 18.8. The molecule has 0 aliphatic carbocycles. The summed E-state index contributed by atoms with van der Waals surface area (Å²) in [5.41, 5.74) is 2.41. The van der Waals surface area contributed by atoms with Crippen LogP contribution in [0.1, 0.15) is 107 Å². The van der Waals surface area contributed by atoms with Gasteiger partial charge in [-0.1, -0.05) is 90.4 Å². The van der Waals surface area contributed by atoms with Crippen LogP contribution in [0.4, 0.5) is 17.1 Å². The number of ether oxygens (including phenoxy) is 7. The summed E-state index contributed by atoms with van der Waals surface area (Å²) < 4.78 is 40.0. The standard InChI is InChI=1S/C45H65N3O8/c1-2-3-4-5-6-7-8-9-10-11-12-13-14-15-26-54-42-23-20-40(21-24-42)48-47-39-18-16-38(17-19-39)45(49)46-41-22-25-43-44(37-41)56-36-34-53-32-30-51-28-27-50-29-31-52-33-35-55-43/h16-25,37H,2-15,26-36H2,1H3,(H,46,49). The molecule has 0 bridgehead atoms. The maximum Gasteiger partial charge on any atom is 0.255 e. The number of azo groups is 1. The van der Waals surface area contributed by atoms with Gasteiger partial charge < -0.3 is 38.5 Å². The van der Waals surface area contributed by atoms with Crippen LogP contribution in [0.15, 0.2) is 77.0 Å². The predicted molar refractivity (Wildman–Crippen MR) is 222 cm³/mol. The van der Waals surface area contributed by atoms with Crippen LogP contribution in [-0.4, -0.2) is 78.6 Å². The van der Waals surface area contributed by atoms with Gasteiger partial charge in [0.2, 0.25) is 0 Å². The normalized spacial score (nSPS) is 14.9. The molecule has 0 radical (unpaired) electrons. The Hall–Kier alpha value is -4.03. The molecule has 56 heavy (non-hydrogen) atoms. The molecule has 1 aliphatic heterocycles. The van der Waals surface area contributed by atoms with Gasteiger partial charge in [0, 0.05) is 17.3 Å². The summed E-state index contributed by atoms with van der Waals surface area (Å²) in [5.74, 6) is 1.61. The fraction of sp³-hybridized carbons (Fsp3) is 0.578. The van der Waals surface area contributed by atoms with Gasteiger partial charge in [-0.15, -0.1) is 0 Å². The molecule has 0 spiro atoms. The van der Waals surface area contributed by atoms with Crippen LogP contribution in [0.3, 0.4) is 0 Å². The van der Waals surface area contributed by atoms with Crippen molar-refractivity contribution < 1.29 is 38.0 Å². The molecule has 1 aliphatic rings. The van der Waals surface area contributed by atoms with Crippen molar-refractivity contribution in [2.45, 2.75) is 96.8 Å². The maximum atomic E-state index is 13.1. The second-order valence-corrected chi connectivity index (χ2v) is 13.9. The lowest BCUT2D eigenvalue weighted by Crippen LogP contribution is -2.16. The molecule has 0 atom stereocenters. The Balaban J connectivity index is 1.13. The summed E-state index contributed by atoms with van der Waals surface area (Å²) in [4.78, 5) is 13.1. The number of carbonyl (C=O) groups is 1. The fourth-order valence-corrected chi connectivity index (χ4v) is 6.09. The second kappa shape index (κ2) is 29.2. The zero-order valence-corrected chi connectivity index (χ0v) is 33.7. The molecule has 0 unspecified atom stereocenters. The SMILES string of the molecule is CCCCCCCCCCCCCCCCOc1ccc(N=Nc2ccc(C(=O)Nc3ccc4c(c3)OCCOCCOCCOCCOCCO4)cc2)cc1. The Morgan fingerprint density at radius 3 is 1.50 bits per heavy atom. The molecule has 3 aromatic carbocycles. The number of nitrogens with one attached hydrogen (secondary N) is 1. The van der Waals surface area contributed by atoms with E-state index in [1.165, 1.54) is 83.5 Å². The first-order valence-corrected chi connectivity index (χ1v) is 21.0. The highest BCUT2D eigenvalue weighted by molar-refractivity contribution is 6.04. The van der Waals surface area contributed by atoms with Gasteiger partial charge in [-0.3, -0.25) is 4.79 Å². The zero-order valence-electron chi connectivity index (χ0n) is 33.7. The van der Waals surface area contributed by atoms with Gasteiger partial charge >= 0.3 is 0 Å². The fourth-order valence-electron chi connectivity index (χ4n) is 6.09. The van der Waals surface area contributed by atoms with E-state index in [1.807, 2.05) is 24.3 Å². The second-order valence-electron chi connectivity index (χ2n) is 13.9. The van der Waals surface area contributed by atoms with Crippen molar-refractivity contribution in [2.24, 2.45) is 10.2 Å². The largest absolute Gasteiger partial charge is 0.494 e. The smallest absolute Gasteiger partial charge is 0.255 e. The Labute approximate surface area is 334 Å². The summed E-state index contributed by atoms with van der Waals surface area (Å²) in [6.45, 7) is 7.32. The molecule has 308 valence electrons. The number of hydrogen-bond acceptors (Lipinski definition) is 10. The topological polar surface area (TPSA) is 118 Å². The molecule has 0 saturated carbocycles. The average molecular weight is 776 g/mol. The summed E-state index contributed by atoms with van der Waals surface area (Å²) in [7, 11) is 0. The van der Waals surface area contributed by atoms with E-state index in [0.29, 0.717) is 94.5 Å². The van der Waals surface area contributed by atoms with E-state index < -0.39 is 0 Å². The van der Waals surface area contributed by atoms with Crippen LogP contribution < -0.4 is 19.5 Å². The predicted octanol–water partition coefficient (Wildman–Crippen LogP) is 11.1. The minimum atomic E-state index is -0.266. The minimum Gasteiger partial charge on any atom is -0.494 e. The molecule has 11 nitrogen and oxygen atoms in total. The lowest BCUT2D eigenvalue weighted by molar-refractivity contribution is -0.00841. The van der Waals surface area contributed by atoms with Crippen LogP contribution in [0, 0.1) is 0 Å². The van der Waals surface area contributed by atoms with Crippen LogP contribution in [-0.2, 0) is 18.9 Å². The monoisotopic (exact) mass is 775 g/mol. The number of carbonyl (C=O) groups excluding carboxylic acids is 1. The molecule has 11 heteroatoms. The Morgan fingerprint density at radius 1 is 0.536 bits per heavy atom.